The summed E-state index contributed by atoms with van der Waals surface area (Å²) >= 11 is 0. The average Bonchev–Trinajstić information content (AvgIpc) is 2.58. The number of benzene rings is 1. The van der Waals surface area contributed by atoms with Gasteiger partial charge in [0.15, 0.2) is 0 Å². The van der Waals surface area contributed by atoms with Crippen LogP contribution in [0.25, 0.3) is 6.08 Å². The van der Waals surface area contributed by atoms with E-state index in [0.29, 0.717) is 6.61 Å². The number of hydrogen-bond acceptors (Lipinski definition) is 3. The number of carbonyl (C=O) groups excluding carboxylic acids is 1. The van der Waals surface area contributed by atoms with Gasteiger partial charge in [0.1, 0.15) is 0 Å². The Morgan fingerprint density at radius 3 is 1.70 bits per heavy atom. The molecule has 0 fully saturated rings. The van der Waals surface area contributed by atoms with E-state index in [-0.39, 0.29) is 18.4 Å². The minimum Gasteiger partial charge on any atom is -0.463 e. The van der Waals surface area contributed by atoms with Crippen molar-refractivity contribution >= 4 is 24.5 Å². The lowest BCUT2D eigenvalue weighted by atomic mass is 10.2. The van der Waals surface area contributed by atoms with E-state index >= 15 is 0 Å². The Balaban J connectivity index is -0.000000257. The summed E-state index contributed by atoms with van der Waals surface area (Å²) in [7, 11) is 0. The molecule has 0 radical (unpaired) electrons. The van der Waals surface area contributed by atoms with Crippen molar-refractivity contribution in [3.05, 3.63) is 55.1 Å². The highest BCUT2D eigenvalue weighted by molar-refractivity contribution is 5.85. The van der Waals surface area contributed by atoms with E-state index in [1.54, 1.807) is 6.92 Å². The molecular formula is C19H32ClNO2. The molecule has 1 rings (SSSR count). The van der Waals surface area contributed by atoms with E-state index in [4.69, 9.17) is 0 Å². The van der Waals surface area contributed by atoms with Crippen LogP contribution in [0, 0.1) is 0 Å². The first-order chi connectivity index (χ1) is 10.6. The fourth-order valence-electron chi connectivity index (χ4n) is 1.46. The van der Waals surface area contributed by atoms with Gasteiger partial charge in [0, 0.05) is 6.08 Å². The molecule has 0 spiro atoms. The van der Waals surface area contributed by atoms with Crippen LogP contribution in [-0.4, -0.2) is 37.1 Å². The molecule has 0 aliphatic rings. The standard InChI is InChI=1S/C8H8.C6H15N.C5H8O2.ClH/c1-2-8-6-4-3-5-7-8;1-4-7(5-2)6-3;1-3-5(6)7-4-2;/h2-7H,1H2;4-6H2,1-3H3;3H,1,4H2,2H3;1H. The molecule has 0 aliphatic heterocycles. The number of nitrogens with zero attached hydrogens (tertiary/aromatic N) is 1. The van der Waals surface area contributed by atoms with Crippen molar-refractivity contribution in [1.82, 2.24) is 4.90 Å². The summed E-state index contributed by atoms with van der Waals surface area (Å²) in [6.45, 7) is 19.1. The lowest BCUT2D eigenvalue weighted by Gasteiger charge is -2.13. The lowest BCUT2D eigenvalue weighted by Crippen LogP contribution is -2.21. The number of esters is 1. The molecule has 4 heteroatoms. The van der Waals surface area contributed by atoms with Gasteiger partial charge in [-0.2, -0.15) is 0 Å². The Morgan fingerprint density at radius 2 is 1.52 bits per heavy atom. The van der Waals surface area contributed by atoms with Crippen molar-refractivity contribution in [3.8, 4) is 0 Å². The van der Waals surface area contributed by atoms with Crippen molar-refractivity contribution in [2.45, 2.75) is 27.7 Å². The molecule has 0 heterocycles. The Bertz CT molecular complexity index is 384. The maximum absolute atomic E-state index is 10.1. The zero-order valence-electron chi connectivity index (χ0n) is 15.0. The zero-order chi connectivity index (χ0) is 17.2. The van der Waals surface area contributed by atoms with Crippen molar-refractivity contribution in [3.63, 3.8) is 0 Å². The first-order valence-electron chi connectivity index (χ1n) is 7.78. The van der Waals surface area contributed by atoms with Crippen LogP contribution in [0.5, 0.6) is 0 Å². The first-order valence-corrected chi connectivity index (χ1v) is 7.78. The predicted molar refractivity (Wildman–Crippen MR) is 104 cm³/mol. The molecule has 0 saturated heterocycles. The van der Waals surface area contributed by atoms with Crippen LogP contribution < -0.4 is 0 Å². The van der Waals surface area contributed by atoms with Crippen LogP contribution in [-0.2, 0) is 9.53 Å². The smallest absolute Gasteiger partial charge is 0.330 e. The summed E-state index contributed by atoms with van der Waals surface area (Å²) in [5.74, 6) is -0.359. The summed E-state index contributed by atoms with van der Waals surface area (Å²) in [5.41, 5.74) is 1.17. The van der Waals surface area contributed by atoms with Gasteiger partial charge in [-0.25, -0.2) is 4.79 Å². The van der Waals surface area contributed by atoms with Gasteiger partial charge in [-0.05, 0) is 32.1 Å². The number of carbonyl (C=O) groups is 1. The van der Waals surface area contributed by atoms with Gasteiger partial charge < -0.3 is 9.64 Å². The van der Waals surface area contributed by atoms with Gasteiger partial charge in [-0.15, -0.1) is 12.4 Å². The second-order valence-corrected chi connectivity index (χ2v) is 4.19. The van der Waals surface area contributed by atoms with E-state index in [1.165, 1.54) is 25.2 Å². The maximum atomic E-state index is 10.1. The Kier molecular flexibility index (Phi) is 23.4. The summed E-state index contributed by atoms with van der Waals surface area (Å²) < 4.78 is 4.43. The van der Waals surface area contributed by atoms with E-state index in [2.05, 4.69) is 43.6 Å². The van der Waals surface area contributed by atoms with Gasteiger partial charge in [-0.3, -0.25) is 0 Å². The molecule has 0 N–H and O–H groups in total. The molecule has 0 bridgehead atoms. The third-order valence-electron chi connectivity index (χ3n) is 2.83. The number of rotatable bonds is 6. The van der Waals surface area contributed by atoms with Crippen LogP contribution in [0.2, 0.25) is 0 Å². The highest BCUT2D eigenvalue weighted by Gasteiger charge is 1.89. The molecule has 0 atom stereocenters. The molecule has 0 aliphatic carbocycles. The first kappa shape index (κ1) is 26.3. The fraction of sp³-hybridized carbons (Fsp3) is 0.421. The molecular weight excluding hydrogens is 310 g/mol. The Labute approximate surface area is 148 Å². The minimum atomic E-state index is -0.359. The largest absolute Gasteiger partial charge is 0.463 e. The van der Waals surface area contributed by atoms with Crippen molar-refractivity contribution < 1.29 is 9.53 Å². The molecule has 3 nitrogen and oxygen atoms in total. The normalized spacial score (nSPS) is 8.39. The van der Waals surface area contributed by atoms with Gasteiger partial charge in [0.05, 0.1) is 6.61 Å². The Hall–Kier alpha value is -1.58. The molecule has 1 aromatic carbocycles. The lowest BCUT2D eigenvalue weighted by molar-refractivity contribution is -0.137. The third kappa shape index (κ3) is 18.4. The third-order valence-corrected chi connectivity index (χ3v) is 2.83. The topological polar surface area (TPSA) is 29.5 Å². The van der Waals surface area contributed by atoms with Crippen LogP contribution in [0.4, 0.5) is 0 Å². The highest BCUT2D eigenvalue weighted by atomic mass is 35.5. The predicted octanol–water partition coefficient (Wildman–Crippen LogP) is 4.84. The van der Waals surface area contributed by atoms with Gasteiger partial charge in [0.2, 0.25) is 0 Å². The van der Waals surface area contributed by atoms with Gasteiger partial charge >= 0.3 is 5.97 Å². The summed E-state index contributed by atoms with van der Waals surface area (Å²) in [6.07, 6.45) is 2.98. The highest BCUT2D eigenvalue weighted by Crippen LogP contribution is 1.97. The average molecular weight is 342 g/mol. The summed E-state index contributed by atoms with van der Waals surface area (Å²) in [5, 5.41) is 0. The number of ether oxygens (including phenoxy) is 1. The van der Waals surface area contributed by atoms with E-state index in [9.17, 15) is 4.79 Å². The molecule has 23 heavy (non-hydrogen) atoms. The molecule has 132 valence electrons. The maximum Gasteiger partial charge on any atom is 0.330 e. The van der Waals surface area contributed by atoms with Crippen LogP contribution in [0.15, 0.2) is 49.6 Å². The molecule has 1 aromatic rings. The SMILES string of the molecule is C=CC(=O)OCC.C=Cc1ccccc1.CCN(CC)CC.Cl. The van der Waals surface area contributed by atoms with E-state index < -0.39 is 0 Å². The van der Waals surface area contributed by atoms with Crippen LogP contribution in [0.3, 0.4) is 0 Å². The number of halogens is 1. The molecule has 0 aromatic heterocycles. The summed E-state index contributed by atoms with van der Waals surface area (Å²) in [6, 6.07) is 10.0. The van der Waals surface area contributed by atoms with Crippen molar-refractivity contribution in [2.75, 3.05) is 26.2 Å². The van der Waals surface area contributed by atoms with E-state index in [0.717, 1.165) is 6.08 Å². The van der Waals surface area contributed by atoms with Crippen LogP contribution in [0.1, 0.15) is 33.3 Å². The second-order valence-electron chi connectivity index (χ2n) is 4.19. The minimum absolute atomic E-state index is 0. The fourth-order valence-corrected chi connectivity index (χ4v) is 1.46. The van der Waals surface area contributed by atoms with Crippen molar-refractivity contribution in [1.29, 1.82) is 0 Å². The van der Waals surface area contributed by atoms with E-state index in [1.807, 2.05) is 36.4 Å². The summed E-state index contributed by atoms with van der Waals surface area (Å²) in [4.78, 5) is 12.4. The molecule has 0 unspecified atom stereocenters. The monoisotopic (exact) mass is 341 g/mol. The quantitative estimate of drug-likeness (QED) is 0.548. The second kappa shape index (κ2) is 20.4. The van der Waals surface area contributed by atoms with Gasteiger partial charge in [0.25, 0.3) is 0 Å². The van der Waals surface area contributed by atoms with Crippen LogP contribution >= 0.6 is 12.4 Å². The molecule has 0 saturated carbocycles. The molecule has 0 amide bonds. The van der Waals surface area contributed by atoms with Gasteiger partial charge in [-0.1, -0.05) is 70.3 Å². The van der Waals surface area contributed by atoms with Crippen molar-refractivity contribution in [2.24, 2.45) is 0 Å². The number of hydrogen-bond donors (Lipinski definition) is 0. The zero-order valence-corrected chi connectivity index (χ0v) is 15.8. The Morgan fingerprint density at radius 1 is 1.04 bits per heavy atom.